The molecule has 0 aromatic carbocycles. The lowest BCUT2D eigenvalue weighted by molar-refractivity contribution is 0.0586. The monoisotopic (exact) mass is 266 g/mol. The maximum absolute atomic E-state index is 12.1. The van der Waals surface area contributed by atoms with Gasteiger partial charge in [0.1, 0.15) is 0 Å². The van der Waals surface area contributed by atoms with Gasteiger partial charge in [0.15, 0.2) is 0 Å². The van der Waals surface area contributed by atoms with Crippen LogP contribution < -0.4 is 5.32 Å². The number of aromatic nitrogens is 1. The van der Waals surface area contributed by atoms with E-state index in [1.54, 1.807) is 0 Å². The van der Waals surface area contributed by atoms with Crippen molar-refractivity contribution in [1.29, 1.82) is 0 Å². The highest BCUT2D eigenvalue weighted by Gasteiger charge is 2.23. The predicted molar refractivity (Wildman–Crippen MR) is 77.4 cm³/mol. The number of aryl methyl sites for hydroxylation is 1. The average molecular weight is 266 g/mol. The second-order valence-corrected chi connectivity index (χ2v) is 6.12. The largest absolute Gasteiger partial charge is 0.391 e. The van der Waals surface area contributed by atoms with Crippen LogP contribution in [0.2, 0.25) is 0 Å². The van der Waals surface area contributed by atoms with Crippen molar-refractivity contribution in [3.63, 3.8) is 0 Å². The second kappa shape index (κ2) is 5.78. The molecule has 1 rings (SSSR count). The van der Waals surface area contributed by atoms with Gasteiger partial charge >= 0.3 is 0 Å². The summed E-state index contributed by atoms with van der Waals surface area (Å²) >= 11 is 0. The summed E-state index contributed by atoms with van der Waals surface area (Å²) in [6, 6.07) is 1.90. The molecule has 19 heavy (non-hydrogen) atoms. The van der Waals surface area contributed by atoms with Gasteiger partial charge in [0.25, 0.3) is 5.91 Å². The van der Waals surface area contributed by atoms with Crippen LogP contribution in [0.4, 0.5) is 0 Å². The Labute approximate surface area is 115 Å². The van der Waals surface area contributed by atoms with Crippen LogP contribution in [-0.4, -0.2) is 28.2 Å². The highest BCUT2D eigenvalue weighted by Crippen LogP contribution is 2.19. The zero-order valence-corrected chi connectivity index (χ0v) is 12.9. The molecule has 0 aliphatic heterocycles. The van der Waals surface area contributed by atoms with Crippen LogP contribution in [0.1, 0.15) is 49.4 Å². The van der Waals surface area contributed by atoms with Crippen molar-refractivity contribution in [3.8, 4) is 0 Å². The number of carbonyl (C=O) groups is 1. The highest BCUT2D eigenvalue weighted by atomic mass is 16.3. The van der Waals surface area contributed by atoms with Crippen LogP contribution in [0.3, 0.4) is 0 Å². The van der Waals surface area contributed by atoms with E-state index in [-0.39, 0.29) is 17.9 Å². The van der Waals surface area contributed by atoms with E-state index in [0.29, 0.717) is 5.56 Å². The Hall–Kier alpha value is -1.29. The van der Waals surface area contributed by atoms with Crippen LogP contribution in [0, 0.1) is 19.3 Å². The fourth-order valence-electron chi connectivity index (χ4n) is 2.11. The van der Waals surface area contributed by atoms with E-state index >= 15 is 0 Å². The van der Waals surface area contributed by atoms with Gasteiger partial charge in [-0.3, -0.25) is 4.79 Å². The minimum atomic E-state index is -0.550. The Kier molecular flexibility index (Phi) is 4.80. The third kappa shape index (κ3) is 3.60. The highest BCUT2D eigenvalue weighted by molar-refractivity contribution is 5.95. The van der Waals surface area contributed by atoms with Crippen molar-refractivity contribution in [3.05, 3.63) is 23.0 Å². The summed E-state index contributed by atoms with van der Waals surface area (Å²) in [6.45, 7) is 13.0. The molecule has 108 valence electrons. The van der Waals surface area contributed by atoms with E-state index in [4.69, 9.17) is 0 Å². The van der Waals surface area contributed by atoms with Crippen molar-refractivity contribution in [2.24, 2.45) is 5.41 Å². The molecule has 1 aromatic rings. The molecule has 4 nitrogen and oxygen atoms in total. The standard InChI is InChI=1S/C15H26N2O2/c1-7-17-10(2)8-12(11(17)3)14(19)16-9-13(18)15(4,5)6/h8,13,18H,7,9H2,1-6H3,(H,16,19). The summed E-state index contributed by atoms with van der Waals surface area (Å²) in [5, 5.41) is 12.7. The zero-order valence-electron chi connectivity index (χ0n) is 12.9. The molecule has 0 saturated carbocycles. The molecule has 0 radical (unpaired) electrons. The average Bonchev–Trinajstić information content (AvgIpc) is 2.59. The van der Waals surface area contributed by atoms with E-state index < -0.39 is 6.10 Å². The summed E-state index contributed by atoms with van der Waals surface area (Å²) in [5.74, 6) is -0.115. The molecule has 0 aliphatic carbocycles. The van der Waals surface area contributed by atoms with E-state index in [1.807, 2.05) is 40.7 Å². The van der Waals surface area contributed by atoms with Crippen molar-refractivity contribution in [2.45, 2.75) is 54.2 Å². The van der Waals surface area contributed by atoms with Gasteiger partial charge in [-0.1, -0.05) is 20.8 Å². The molecule has 0 bridgehead atoms. The Morgan fingerprint density at radius 2 is 2.00 bits per heavy atom. The molecule has 1 amide bonds. The summed E-state index contributed by atoms with van der Waals surface area (Å²) < 4.78 is 2.11. The molecular weight excluding hydrogens is 240 g/mol. The lowest BCUT2D eigenvalue weighted by Crippen LogP contribution is -2.39. The lowest BCUT2D eigenvalue weighted by atomic mass is 9.89. The van der Waals surface area contributed by atoms with Crippen molar-refractivity contribution in [2.75, 3.05) is 6.54 Å². The summed E-state index contributed by atoms with van der Waals surface area (Å²) in [6.07, 6.45) is -0.550. The Morgan fingerprint density at radius 1 is 1.42 bits per heavy atom. The fraction of sp³-hybridized carbons (Fsp3) is 0.667. The van der Waals surface area contributed by atoms with Crippen LogP contribution in [0.25, 0.3) is 0 Å². The molecule has 1 atom stereocenters. The van der Waals surface area contributed by atoms with Crippen molar-refractivity contribution >= 4 is 5.91 Å². The first-order valence-corrected chi connectivity index (χ1v) is 6.81. The minimum absolute atomic E-state index is 0.115. The third-order valence-corrected chi connectivity index (χ3v) is 3.59. The zero-order chi connectivity index (χ0) is 14.8. The van der Waals surface area contributed by atoms with E-state index in [2.05, 4.69) is 16.8 Å². The lowest BCUT2D eigenvalue weighted by Gasteiger charge is -2.25. The first kappa shape index (κ1) is 15.8. The Bertz CT molecular complexity index is 455. The number of nitrogens with one attached hydrogen (secondary N) is 1. The molecule has 0 fully saturated rings. The molecular formula is C15H26N2O2. The number of amides is 1. The summed E-state index contributed by atoms with van der Waals surface area (Å²) in [4.78, 5) is 12.1. The van der Waals surface area contributed by atoms with Crippen LogP contribution in [0.5, 0.6) is 0 Å². The third-order valence-electron chi connectivity index (χ3n) is 3.59. The topological polar surface area (TPSA) is 54.3 Å². The number of nitrogens with zero attached hydrogens (tertiary/aromatic N) is 1. The molecule has 0 spiro atoms. The smallest absolute Gasteiger partial charge is 0.253 e. The number of hydrogen-bond acceptors (Lipinski definition) is 2. The van der Waals surface area contributed by atoms with Gasteiger partial charge in [0.05, 0.1) is 11.7 Å². The van der Waals surface area contributed by atoms with Crippen LogP contribution >= 0.6 is 0 Å². The molecule has 1 heterocycles. The molecule has 1 unspecified atom stereocenters. The quantitative estimate of drug-likeness (QED) is 0.878. The van der Waals surface area contributed by atoms with Crippen molar-refractivity contribution < 1.29 is 9.90 Å². The SMILES string of the molecule is CCn1c(C)cc(C(=O)NCC(O)C(C)(C)C)c1C. The summed E-state index contributed by atoms with van der Waals surface area (Å²) in [5.41, 5.74) is 2.53. The number of rotatable bonds is 4. The van der Waals surface area contributed by atoms with Crippen molar-refractivity contribution in [1.82, 2.24) is 9.88 Å². The van der Waals surface area contributed by atoms with Gasteiger partial charge in [-0.2, -0.15) is 0 Å². The van der Waals surface area contributed by atoms with E-state index in [1.165, 1.54) is 0 Å². The van der Waals surface area contributed by atoms with Gasteiger partial charge < -0.3 is 15.0 Å². The Balaban J connectivity index is 2.75. The molecule has 0 aliphatic rings. The maximum Gasteiger partial charge on any atom is 0.253 e. The summed E-state index contributed by atoms with van der Waals surface area (Å²) in [7, 11) is 0. The number of aliphatic hydroxyl groups excluding tert-OH is 1. The molecule has 0 saturated heterocycles. The second-order valence-electron chi connectivity index (χ2n) is 6.12. The number of hydrogen-bond donors (Lipinski definition) is 2. The maximum atomic E-state index is 12.1. The Morgan fingerprint density at radius 3 is 2.42 bits per heavy atom. The first-order valence-electron chi connectivity index (χ1n) is 6.81. The van der Waals surface area contributed by atoms with Gasteiger partial charge in [0.2, 0.25) is 0 Å². The van der Waals surface area contributed by atoms with Gasteiger partial charge in [-0.05, 0) is 32.3 Å². The first-order chi connectivity index (χ1) is 8.68. The molecule has 2 N–H and O–H groups in total. The number of aliphatic hydroxyl groups is 1. The van der Waals surface area contributed by atoms with E-state index in [9.17, 15) is 9.90 Å². The van der Waals surface area contributed by atoms with Crippen LogP contribution in [-0.2, 0) is 6.54 Å². The van der Waals surface area contributed by atoms with Gasteiger partial charge in [0, 0.05) is 24.5 Å². The molecule has 4 heteroatoms. The van der Waals surface area contributed by atoms with E-state index in [0.717, 1.165) is 17.9 Å². The normalized spacial score (nSPS) is 13.4. The van der Waals surface area contributed by atoms with Gasteiger partial charge in [-0.25, -0.2) is 0 Å². The van der Waals surface area contributed by atoms with Gasteiger partial charge in [-0.15, -0.1) is 0 Å². The van der Waals surface area contributed by atoms with Crippen LogP contribution in [0.15, 0.2) is 6.07 Å². The number of carbonyl (C=O) groups excluding carboxylic acids is 1. The predicted octanol–water partition coefficient (Wildman–Crippen LogP) is 2.26. The molecule has 1 aromatic heterocycles. The minimum Gasteiger partial charge on any atom is -0.391 e. The fourth-order valence-corrected chi connectivity index (χ4v) is 2.11.